The molecular formula is C27H36F6N8O2. The first-order valence-electron chi connectivity index (χ1n) is 13.1. The zero-order chi connectivity index (χ0) is 32.6. The van der Waals surface area contributed by atoms with Crippen LogP contribution in [0.4, 0.5) is 38.0 Å². The molecule has 1 saturated carbocycles. The van der Waals surface area contributed by atoms with Crippen molar-refractivity contribution in [2.24, 2.45) is 0 Å². The molecule has 0 unspecified atom stereocenters. The van der Waals surface area contributed by atoms with E-state index in [0.29, 0.717) is 43.1 Å². The van der Waals surface area contributed by atoms with Crippen LogP contribution in [0, 0.1) is 0 Å². The number of rotatable bonds is 8. The predicted molar refractivity (Wildman–Crippen MR) is 152 cm³/mol. The summed E-state index contributed by atoms with van der Waals surface area (Å²) in [4.78, 5) is 19.6. The molecule has 1 amide bonds. The van der Waals surface area contributed by atoms with Crippen molar-refractivity contribution in [3.05, 3.63) is 72.5 Å². The number of alkyl halides is 6. The van der Waals surface area contributed by atoms with Crippen LogP contribution >= 0.6 is 0 Å². The third kappa shape index (κ3) is 13.0. The van der Waals surface area contributed by atoms with Gasteiger partial charge in [0.25, 0.3) is 5.91 Å². The van der Waals surface area contributed by atoms with Crippen molar-refractivity contribution in [3.63, 3.8) is 0 Å². The van der Waals surface area contributed by atoms with Gasteiger partial charge in [0.2, 0.25) is 0 Å². The van der Waals surface area contributed by atoms with Gasteiger partial charge in [-0.05, 0) is 50.1 Å². The summed E-state index contributed by atoms with van der Waals surface area (Å²) in [5, 5.41) is 12.6. The number of carbonyl (C=O) groups excluding carboxylic acids is 1. The first-order chi connectivity index (χ1) is 20.3. The van der Waals surface area contributed by atoms with E-state index in [9.17, 15) is 31.1 Å². The number of carbonyl (C=O) groups is 1. The topological polar surface area (TPSA) is 131 Å². The van der Waals surface area contributed by atoms with Crippen LogP contribution in [0.1, 0.15) is 55.2 Å². The number of nitrogens with zero attached hydrogens (tertiary/aromatic N) is 4. The number of nitrogens with one attached hydrogen (secondary N) is 3. The Labute approximate surface area is 245 Å². The number of anilines is 2. The van der Waals surface area contributed by atoms with Crippen LogP contribution in [0.2, 0.25) is 0 Å². The predicted octanol–water partition coefficient (Wildman–Crippen LogP) is 5.70. The van der Waals surface area contributed by atoms with E-state index in [4.69, 9.17) is 5.73 Å². The molecule has 5 N–H and O–H groups in total. The molecule has 3 aromatic heterocycles. The smallest absolute Gasteiger partial charge is 0.382 e. The molecule has 43 heavy (non-hydrogen) atoms. The zero-order valence-corrected chi connectivity index (χ0v) is 24.2. The highest BCUT2D eigenvalue weighted by atomic mass is 19.4. The number of ether oxygens (including phenoxy) is 1. The van der Waals surface area contributed by atoms with Crippen molar-refractivity contribution in [1.82, 2.24) is 30.2 Å². The highest BCUT2D eigenvalue weighted by Gasteiger charge is 2.32. The van der Waals surface area contributed by atoms with Crippen LogP contribution in [0.3, 0.4) is 0 Å². The van der Waals surface area contributed by atoms with Gasteiger partial charge in [-0.15, -0.1) is 19.8 Å². The van der Waals surface area contributed by atoms with E-state index in [2.05, 4.69) is 42.3 Å². The molecule has 4 rings (SSSR count). The Morgan fingerprint density at radius 2 is 1.86 bits per heavy atom. The van der Waals surface area contributed by atoms with Gasteiger partial charge in [0.15, 0.2) is 5.82 Å². The molecule has 0 spiro atoms. The van der Waals surface area contributed by atoms with Gasteiger partial charge in [0.05, 0.1) is 12.2 Å². The number of fused-ring (bicyclic) bond motifs is 1. The number of hydrogen-bond donors (Lipinski definition) is 4. The summed E-state index contributed by atoms with van der Waals surface area (Å²) in [6, 6.07) is 4.04. The van der Waals surface area contributed by atoms with Gasteiger partial charge >= 0.3 is 12.5 Å². The second kappa shape index (κ2) is 17.6. The van der Waals surface area contributed by atoms with Crippen LogP contribution in [-0.2, 0) is 17.3 Å². The third-order valence-corrected chi connectivity index (χ3v) is 5.14. The molecule has 1 aliphatic carbocycles. The summed E-state index contributed by atoms with van der Waals surface area (Å²) in [7, 11) is 0.583. The molecule has 3 heterocycles. The van der Waals surface area contributed by atoms with Gasteiger partial charge in [-0.1, -0.05) is 32.1 Å². The second-order valence-electron chi connectivity index (χ2n) is 8.31. The van der Waals surface area contributed by atoms with Gasteiger partial charge in [0, 0.05) is 19.3 Å². The number of nitrogen functional groups attached to an aromatic ring is 1. The molecular weight excluding hydrogens is 582 g/mol. The maximum Gasteiger partial charge on any atom is 0.522 e. The van der Waals surface area contributed by atoms with Crippen molar-refractivity contribution in [2.45, 2.75) is 58.6 Å². The Morgan fingerprint density at radius 3 is 2.40 bits per heavy atom. The molecule has 0 bridgehead atoms. The van der Waals surface area contributed by atoms with Gasteiger partial charge in [-0.25, -0.2) is 14.5 Å². The lowest BCUT2D eigenvalue weighted by molar-refractivity contribution is -0.311. The second-order valence-corrected chi connectivity index (χ2v) is 8.31. The van der Waals surface area contributed by atoms with Crippen molar-refractivity contribution >= 4 is 23.1 Å². The van der Waals surface area contributed by atoms with Crippen LogP contribution in [0.5, 0.6) is 0 Å². The lowest BCUT2D eigenvalue weighted by Gasteiger charge is -2.09. The number of nitrogens with two attached hydrogens (primary N) is 1. The molecule has 0 atom stereocenters. The number of methoxy groups -OCH3 is 1. The molecule has 1 aliphatic rings. The Hall–Kier alpha value is -4.34. The maximum absolute atomic E-state index is 12.3. The zero-order valence-electron chi connectivity index (χ0n) is 24.2. The Morgan fingerprint density at radius 1 is 1.21 bits per heavy atom. The fourth-order valence-corrected chi connectivity index (χ4v) is 3.15. The SMILES string of the molecule is C/C=C/NCNc1cccc(C(F)(F)F)n1.C=CCc1c(C(=O)NC2CC2)cn2ncnc(N)c12.CC.COC(F)(F)F. The van der Waals surface area contributed by atoms with Crippen LogP contribution in [0.15, 0.2) is 55.7 Å². The van der Waals surface area contributed by atoms with Crippen molar-refractivity contribution in [2.75, 3.05) is 24.8 Å². The maximum atomic E-state index is 12.3. The molecule has 10 nitrogen and oxygen atoms in total. The van der Waals surface area contributed by atoms with Crippen molar-refractivity contribution < 1.29 is 35.9 Å². The first-order valence-corrected chi connectivity index (χ1v) is 13.1. The average Bonchev–Trinajstić information content (AvgIpc) is 3.70. The van der Waals surface area contributed by atoms with Crippen LogP contribution in [-0.4, -0.2) is 51.7 Å². The first kappa shape index (κ1) is 36.7. The standard InChI is InChI=1S/C13H15N5O.C10H12F3N3.C2H3F3O.C2H6/c1-2-3-9-10(13(19)17-8-4-5-8)6-18-11(9)12(14)15-7-16-18;1-2-6-14-7-15-9-5-3-4-8(16-9)10(11,12)13;1-6-2(3,4)5;1-2/h2,6-8H,1,3-5H2,(H,17,19)(H2,14,15,16);2-6,14H,7H2,1H3,(H,15,16);1H3;1-2H3/b;6-2+;;. The molecule has 16 heteroatoms. The molecule has 1 fully saturated rings. The highest BCUT2D eigenvalue weighted by molar-refractivity contribution is 5.99. The Kier molecular flexibility index (Phi) is 15.0. The Balaban J connectivity index is 0.000000350. The number of amides is 1. The summed E-state index contributed by atoms with van der Waals surface area (Å²) in [5.74, 6) is 0.480. The molecule has 3 aromatic rings. The molecule has 0 aromatic carbocycles. The van der Waals surface area contributed by atoms with Crippen molar-refractivity contribution in [1.29, 1.82) is 0 Å². The van der Waals surface area contributed by atoms with E-state index in [1.807, 2.05) is 20.8 Å². The summed E-state index contributed by atoms with van der Waals surface area (Å²) in [6.07, 6.45) is 2.08. The van der Waals surface area contributed by atoms with Gasteiger partial charge in [-0.2, -0.15) is 18.3 Å². The highest BCUT2D eigenvalue weighted by Crippen LogP contribution is 2.28. The minimum Gasteiger partial charge on any atom is -0.382 e. The number of hydrogen-bond acceptors (Lipinski definition) is 8. The molecule has 0 aliphatic heterocycles. The fraction of sp³-hybridized carbons (Fsp3) is 0.407. The number of allylic oxidation sites excluding steroid dienone is 2. The average molecular weight is 619 g/mol. The van der Waals surface area contributed by atoms with Gasteiger partial charge in [-0.3, -0.25) is 9.53 Å². The lowest BCUT2D eigenvalue weighted by Crippen LogP contribution is -2.25. The van der Waals surface area contributed by atoms with E-state index < -0.39 is 18.2 Å². The van der Waals surface area contributed by atoms with Crippen LogP contribution in [0.25, 0.3) is 5.52 Å². The Bertz CT molecular complexity index is 1320. The van der Waals surface area contributed by atoms with E-state index >= 15 is 0 Å². The summed E-state index contributed by atoms with van der Waals surface area (Å²) in [6.45, 7) is 9.87. The van der Waals surface area contributed by atoms with Gasteiger partial charge < -0.3 is 21.7 Å². The van der Waals surface area contributed by atoms with Crippen LogP contribution < -0.4 is 21.7 Å². The monoisotopic (exact) mass is 618 g/mol. The minimum atomic E-state index is -4.46. The molecule has 0 saturated heterocycles. The largest absolute Gasteiger partial charge is 0.522 e. The number of aromatic nitrogens is 4. The number of pyridine rings is 1. The molecule has 238 valence electrons. The third-order valence-electron chi connectivity index (χ3n) is 5.14. The number of halogens is 6. The quantitative estimate of drug-likeness (QED) is 0.109. The minimum absolute atomic E-state index is 0.0794. The summed E-state index contributed by atoms with van der Waals surface area (Å²) >= 11 is 0. The lowest BCUT2D eigenvalue weighted by atomic mass is 10.1. The van der Waals surface area contributed by atoms with E-state index in [-0.39, 0.29) is 11.7 Å². The van der Waals surface area contributed by atoms with E-state index in [1.165, 1.54) is 18.5 Å². The summed E-state index contributed by atoms with van der Waals surface area (Å²) < 4.78 is 73.1. The fourth-order valence-electron chi connectivity index (χ4n) is 3.15. The van der Waals surface area contributed by atoms with E-state index in [1.54, 1.807) is 29.1 Å². The normalized spacial score (nSPS) is 12.6. The van der Waals surface area contributed by atoms with Crippen molar-refractivity contribution in [3.8, 4) is 0 Å². The molecule has 0 radical (unpaired) electrons. The van der Waals surface area contributed by atoms with E-state index in [0.717, 1.165) is 24.5 Å². The van der Waals surface area contributed by atoms with Gasteiger partial charge in [0.1, 0.15) is 23.4 Å². The summed E-state index contributed by atoms with van der Waals surface area (Å²) in [5.41, 5.74) is 7.08.